The maximum Gasteiger partial charge on any atom is 0.312 e. The predicted molar refractivity (Wildman–Crippen MR) is 79.4 cm³/mol. The summed E-state index contributed by atoms with van der Waals surface area (Å²) in [5.74, 6) is -1.21. The van der Waals surface area contributed by atoms with Crippen molar-refractivity contribution in [2.24, 2.45) is 0 Å². The first kappa shape index (κ1) is 12.0. The van der Waals surface area contributed by atoms with Crippen molar-refractivity contribution in [2.75, 3.05) is 0 Å². The van der Waals surface area contributed by atoms with E-state index in [1.54, 1.807) is 22.7 Å². The molecule has 0 saturated heterocycles. The number of pyridine rings is 1. The molecule has 0 radical (unpaired) electrons. The number of thiophene rings is 1. The number of thiazole rings is 1. The molecule has 1 aliphatic rings. The fourth-order valence-corrected chi connectivity index (χ4v) is 4.45. The van der Waals surface area contributed by atoms with Gasteiger partial charge >= 0.3 is 5.97 Å². The average Bonchev–Trinajstić information content (AvgIpc) is 3.11. The maximum absolute atomic E-state index is 11.2. The molecule has 0 aliphatic heterocycles. The minimum Gasteiger partial charge on any atom is -0.481 e. The molecule has 1 aliphatic carbocycles. The van der Waals surface area contributed by atoms with Gasteiger partial charge < -0.3 is 5.11 Å². The Bertz CT molecular complexity index is 822. The molecule has 1 atom stereocenters. The fraction of sp³-hybridized carbons (Fsp3) is 0.214. The molecule has 6 heteroatoms. The minimum atomic E-state index is -0.771. The van der Waals surface area contributed by atoms with Gasteiger partial charge in [-0.15, -0.1) is 22.7 Å². The Morgan fingerprint density at radius 2 is 2.35 bits per heavy atom. The molecule has 0 saturated carbocycles. The number of fused-ring (bicyclic) bond motifs is 2. The molecule has 20 heavy (non-hydrogen) atoms. The van der Waals surface area contributed by atoms with Crippen molar-refractivity contribution >= 4 is 38.9 Å². The number of carboxylic acids is 1. The van der Waals surface area contributed by atoms with Crippen LogP contribution in [0.5, 0.6) is 0 Å². The van der Waals surface area contributed by atoms with Crippen LogP contribution in [0.1, 0.15) is 22.9 Å². The Balaban J connectivity index is 1.79. The summed E-state index contributed by atoms with van der Waals surface area (Å²) in [5.41, 5.74) is 2.72. The second-order valence-corrected chi connectivity index (χ2v) is 6.82. The molecule has 0 fully saturated rings. The highest BCUT2D eigenvalue weighted by molar-refractivity contribution is 7.17. The fourth-order valence-electron chi connectivity index (χ4n) is 2.55. The number of hydrogen-bond acceptors (Lipinski definition) is 5. The Morgan fingerprint density at radius 3 is 3.20 bits per heavy atom. The molecular weight excluding hydrogens is 292 g/mol. The molecule has 3 aromatic heterocycles. The van der Waals surface area contributed by atoms with E-state index in [1.165, 1.54) is 0 Å². The SMILES string of the molecule is O=C(O)C1CCc2sc(-c3cnc4ccsc4c3)nc21. The Kier molecular flexibility index (Phi) is 2.61. The topological polar surface area (TPSA) is 63.1 Å². The third-order valence-electron chi connectivity index (χ3n) is 3.57. The van der Waals surface area contributed by atoms with E-state index in [-0.39, 0.29) is 0 Å². The first-order chi connectivity index (χ1) is 9.72. The number of rotatable bonds is 2. The van der Waals surface area contributed by atoms with Gasteiger partial charge in [0.15, 0.2) is 0 Å². The van der Waals surface area contributed by atoms with Crippen LogP contribution in [0.4, 0.5) is 0 Å². The zero-order valence-corrected chi connectivity index (χ0v) is 12.0. The van der Waals surface area contributed by atoms with E-state index < -0.39 is 11.9 Å². The van der Waals surface area contributed by atoms with Gasteiger partial charge in [0.25, 0.3) is 0 Å². The van der Waals surface area contributed by atoms with Gasteiger partial charge in [-0.25, -0.2) is 4.98 Å². The van der Waals surface area contributed by atoms with E-state index in [9.17, 15) is 9.90 Å². The Hall–Kier alpha value is -1.79. The quantitative estimate of drug-likeness (QED) is 0.786. The molecule has 0 amide bonds. The second kappa shape index (κ2) is 4.36. The summed E-state index contributed by atoms with van der Waals surface area (Å²) in [6.07, 6.45) is 3.31. The molecule has 0 aromatic carbocycles. The van der Waals surface area contributed by atoms with Crippen LogP contribution in [-0.4, -0.2) is 21.0 Å². The van der Waals surface area contributed by atoms with Crippen LogP contribution in [0.3, 0.4) is 0 Å². The zero-order valence-electron chi connectivity index (χ0n) is 10.4. The molecular formula is C14H10N2O2S2. The Labute approximate surface area is 122 Å². The number of carbonyl (C=O) groups is 1. The molecule has 1 unspecified atom stereocenters. The van der Waals surface area contributed by atoms with Crippen molar-refractivity contribution in [2.45, 2.75) is 18.8 Å². The van der Waals surface area contributed by atoms with Crippen molar-refractivity contribution in [3.8, 4) is 10.6 Å². The van der Waals surface area contributed by atoms with Gasteiger partial charge in [0.2, 0.25) is 0 Å². The lowest BCUT2D eigenvalue weighted by molar-refractivity contribution is -0.138. The van der Waals surface area contributed by atoms with Gasteiger partial charge in [0, 0.05) is 16.6 Å². The number of carboxylic acid groups (broad SMARTS) is 1. The normalized spacial score (nSPS) is 17.5. The van der Waals surface area contributed by atoms with E-state index >= 15 is 0 Å². The third kappa shape index (κ3) is 1.76. The lowest BCUT2D eigenvalue weighted by Gasteiger charge is -2.01. The van der Waals surface area contributed by atoms with Crippen LogP contribution >= 0.6 is 22.7 Å². The molecule has 0 bridgehead atoms. The van der Waals surface area contributed by atoms with Crippen LogP contribution in [0.2, 0.25) is 0 Å². The molecule has 4 nitrogen and oxygen atoms in total. The van der Waals surface area contributed by atoms with E-state index in [4.69, 9.17) is 0 Å². The molecule has 0 spiro atoms. The number of aliphatic carboxylic acids is 1. The number of aromatic nitrogens is 2. The maximum atomic E-state index is 11.2. The highest BCUT2D eigenvalue weighted by atomic mass is 32.1. The first-order valence-corrected chi connectivity index (χ1v) is 7.98. The monoisotopic (exact) mass is 302 g/mol. The van der Waals surface area contributed by atoms with Gasteiger partial charge in [0.1, 0.15) is 10.9 Å². The second-order valence-electron chi connectivity index (χ2n) is 4.78. The Morgan fingerprint density at radius 1 is 1.45 bits per heavy atom. The van der Waals surface area contributed by atoms with Crippen LogP contribution in [0.25, 0.3) is 20.8 Å². The summed E-state index contributed by atoms with van der Waals surface area (Å²) < 4.78 is 1.13. The van der Waals surface area contributed by atoms with Crippen molar-refractivity contribution in [1.82, 2.24) is 9.97 Å². The summed E-state index contributed by atoms with van der Waals surface area (Å²) >= 11 is 3.25. The van der Waals surface area contributed by atoms with Crippen LogP contribution < -0.4 is 0 Å². The van der Waals surface area contributed by atoms with E-state index in [0.717, 1.165) is 37.8 Å². The zero-order chi connectivity index (χ0) is 13.7. The van der Waals surface area contributed by atoms with E-state index in [0.29, 0.717) is 6.42 Å². The standard InChI is InChI=1S/C14H10N2O2S2/c17-14(18)8-1-2-10-12(8)16-13(20-10)7-5-11-9(15-6-7)3-4-19-11/h3-6,8H,1-2H2,(H,17,18). The largest absolute Gasteiger partial charge is 0.481 e. The highest BCUT2D eigenvalue weighted by Crippen LogP contribution is 2.40. The van der Waals surface area contributed by atoms with Gasteiger partial charge in [-0.2, -0.15) is 0 Å². The van der Waals surface area contributed by atoms with Gasteiger partial charge in [-0.3, -0.25) is 9.78 Å². The lowest BCUT2D eigenvalue weighted by Crippen LogP contribution is -2.08. The van der Waals surface area contributed by atoms with Gasteiger partial charge in [-0.1, -0.05) is 0 Å². The number of nitrogens with zero attached hydrogens (tertiary/aromatic N) is 2. The average molecular weight is 302 g/mol. The van der Waals surface area contributed by atoms with E-state index in [1.807, 2.05) is 17.6 Å². The van der Waals surface area contributed by atoms with Gasteiger partial charge in [-0.05, 0) is 30.4 Å². The number of aryl methyl sites for hydroxylation is 1. The van der Waals surface area contributed by atoms with E-state index in [2.05, 4.69) is 16.0 Å². The summed E-state index contributed by atoms with van der Waals surface area (Å²) in [6.45, 7) is 0. The van der Waals surface area contributed by atoms with Crippen LogP contribution in [0.15, 0.2) is 23.7 Å². The first-order valence-electron chi connectivity index (χ1n) is 6.28. The van der Waals surface area contributed by atoms with Crippen molar-refractivity contribution in [3.05, 3.63) is 34.3 Å². The third-order valence-corrected chi connectivity index (χ3v) is 5.60. The van der Waals surface area contributed by atoms with Crippen molar-refractivity contribution in [3.63, 3.8) is 0 Å². The summed E-state index contributed by atoms with van der Waals surface area (Å²) in [5, 5.41) is 12.1. The minimum absolute atomic E-state index is 0.437. The molecule has 100 valence electrons. The van der Waals surface area contributed by atoms with Crippen LogP contribution in [0, 0.1) is 0 Å². The van der Waals surface area contributed by atoms with Crippen LogP contribution in [-0.2, 0) is 11.2 Å². The summed E-state index contributed by atoms with van der Waals surface area (Å²) in [4.78, 5) is 21.3. The summed E-state index contributed by atoms with van der Waals surface area (Å²) in [6, 6.07) is 4.07. The molecule has 1 N–H and O–H groups in total. The molecule has 3 heterocycles. The summed E-state index contributed by atoms with van der Waals surface area (Å²) in [7, 11) is 0. The number of hydrogen-bond donors (Lipinski definition) is 1. The van der Waals surface area contributed by atoms with Gasteiger partial charge in [0.05, 0.1) is 15.9 Å². The molecule has 3 aromatic rings. The van der Waals surface area contributed by atoms with Crippen molar-refractivity contribution < 1.29 is 9.90 Å². The van der Waals surface area contributed by atoms with Crippen molar-refractivity contribution in [1.29, 1.82) is 0 Å². The predicted octanol–water partition coefficient (Wildman–Crippen LogP) is 3.53. The highest BCUT2D eigenvalue weighted by Gasteiger charge is 2.32. The lowest BCUT2D eigenvalue weighted by atomic mass is 10.1. The smallest absolute Gasteiger partial charge is 0.312 e. The molecule has 4 rings (SSSR count).